The quantitative estimate of drug-likeness (QED) is 0.711. The van der Waals surface area contributed by atoms with Crippen molar-refractivity contribution < 1.29 is 18.7 Å². The van der Waals surface area contributed by atoms with Crippen LogP contribution < -0.4 is 0 Å². The second-order valence-corrected chi connectivity index (χ2v) is 5.54. The number of hydrogen-bond acceptors (Lipinski definition) is 2. The van der Waals surface area contributed by atoms with Crippen LogP contribution in [0.4, 0.5) is 8.78 Å². The van der Waals surface area contributed by atoms with Gasteiger partial charge in [0, 0.05) is 12.0 Å². The predicted molar refractivity (Wildman–Crippen MR) is 91.9 cm³/mol. The molecule has 0 bridgehead atoms. The third-order valence-corrected chi connectivity index (χ3v) is 3.46. The van der Waals surface area contributed by atoms with Crippen molar-refractivity contribution in [2.24, 2.45) is 0 Å². The van der Waals surface area contributed by atoms with Gasteiger partial charge in [0.2, 0.25) is 0 Å². The standard InChI is InChI=1S/C10H13FO.C10H11FO/c2*1-2-3-10(12)8-4-6-9(11)7-5-8/h4-7,10,12H,2-3H2,1H3;4-7H,2-3H2,1H3/t10-;/m1./s1. The van der Waals surface area contributed by atoms with Gasteiger partial charge in [0.15, 0.2) is 5.78 Å². The van der Waals surface area contributed by atoms with Gasteiger partial charge in [0.1, 0.15) is 11.6 Å². The highest BCUT2D eigenvalue weighted by atomic mass is 19.1. The van der Waals surface area contributed by atoms with Gasteiger partial charge < -0.3 is 5.11 Å². The monoisotopic (exact) mass is 334 g/mol. The number of Topliss-reactive ketones (excluding diaryl/α,β-unsaturated/α-hetero) is 1. The number of aliphatic hydroxyl groups excluding tert-OH is 1. The second-order valence-electron chi connectivity index (χ2n) is 5.54. The Morgan fingerprint density at radius 2 is 1.42 bits per heavy atom. The van der Waals surface area contributed by atoms with Gasteiger partial charge >= 0.3 is 0 Å². The van der Waals surface area contributed by atoms with E-state index in [2.05, 4.69) is 0 Å². The Hall–Kier alpha value is -2.07. The first-order valence-corrected chi connectivity index (χ1v) is 8.20. The average molecular weight is 334 g/mol. The molecule has 0 aliphatic heterocycles. The van der Waals surface area contributed by atoms with E-state index in [1.165, 1.54) is 36.4 Å². The number of ketones is 1. The molecule has 0 spiro atoms. The van der Waals surface area contributed by atoms with Gasteiger partial charge in [-0.3, -0.25) is 4.79 Å². The van der Waals surface area contributed by atoms with E-state index in [-0.39, 0.29) is 17.4 Å². The van der Waals surface area contributed by atoms with Crippen molar-refractivity contribution in [3.63, 3.8) is 0 Å². The fourth-order valence-electron chi connectivity index (χ4n) is 2.13. The number of carbonyl (C=O) groups is 1. The van der Waals surface area contributed by atoms with E-state index >= 15 is 0 Å². The van der Waals surface area contributed by atoms with Crippen LogP contribution in [0.3, 0.4) is 0 Å². The van der Waals surface area contributed by atoms with Crippen molar-refractivity contribution in [2.75, 3.05) is 0 Å². The molecule has 130 valence electrons. The van der Waals surface area contributed by atoms with E-state index < -0.39 is 6.10 Å². The van der Waals surface area contributed by atoms with E-state index in [9.17, 15) is 18.7 Å². The summed E-state index contributed by atoms with van der Waals surface area (Å²) in [6.07, 6.45) is 2.57. The first-order valence-electron chi connectivity index (χ1n) is 8.20. The summed E-state index contributed by atoms with van der Waals surface area (Å²) < 4.78 is 24.9. The fraction of sp³-hybridized carbons (Fsp3) is 0.350. The van der Waals surface area contributed by atoms with Crippen molar-refractivity contribution in [1.29, 1.82) is 0 Å². The Morgan fingerprint density at radius 3 is 1.88 bits per heavy atom. The minimum absolute atomic E-state index is 0.0810. The molecule has 24 heavy (non-hydrogen) atoms. The van der Waals surface area contributed by atoms with Crippen molar-refractivity contribution in [3.05, 3.63) is 71.3 Å². The lowest BCUT2D eigenvalue weighted by molar-refractivity contribution is 0.0981. The average Bonchev–Trinajstić information content (AvgIpc) is 2.57. The summed E-state index contributed by atoms with van der Waals surface area (Å²) in [5, 5.41) is 9.49. The van der Waals surface area contributed by atoms with Gasteiger partial charge in [-0.15, -0.1) is 0 Å². The van der Waals surface area contributed by atoms with Gasteiger partial charge in [-0.05, 0) is 54.8 Å². The number of benzene rings is 2. The van der Waals surface area contributed by atoms with E-state index in [1.807, 2.05) is 13.8 Å². The van der Waals surface area contributed by atoms with Crippen molar-refractivity contribution in [3.8, 4) is 0 Å². The normalized spacial score (nSPS) is 11.4. The van der Waals surface area contributed by atoms with Crippen LogP contribution >= 0.6 is 0 Å². The predicted octanol–water partition coefficient (Wildman–Crippen LogP) is 5.47. The van der Waals surface area contributed by atoms with Crippen LogP contribution in [-0.4, -0.2) is 10.9 Å². The van der Waals surface area contributed by atoms with Crippen LogP contribution in [0.15, 0.2) is 48.5 Å². The zero-order valence-corrected chi connectivity index (χ0v) is 14.1. The Morgan fingerprint density at radius 1 is 0.917 bits per heavy atom. The number of aliphatic hydroxyl groups is 1. The minimum atomic E-state index is -0.449. The Balaban J connectivity index is 0.000000240. The number of hydrogen-bond donors (Lipinski definition) is 1. The Kier molecular flexibility index (Phi) is 8.87. The van der Waals surface area contributed by atoms with Gasteiger partial charge in [0.25, 0.3) is 0 Å². The summed E-state index contributed by atoms with van der Waals surface area (Å²) >= 11 is 0. The zero-order chi connectivity index (χ0) is 17.9. The SMILES string of the molecule is CCCC(=O)c1ccc(F)cc1.CCC[C@@H](O)c1ccc(F)cc1. The molecule has 0 amide bonds. The van der Waals surface area contributed by atoms with Crippen LogP contribution in [0, 0.1) is 11.6 Å². The van der Waals surface area contributed by atoms with Crippen LogP contribution in [0.2, 0.25) is 0 Å². The molecule has 1 atom stereocenters. The van der Waals surface area contributed by atoms with Crippen LogP contribution in [0.1, 0.15) is 61.6 Å². The van der Waals surface area contributed by atoms with Gasteiger partial charge in [-0.25, -0.2) is 8.78 Å². The van der Waals surface area contributed by atoms with Crippen molar-refractivity contribution >= 4 is 5.78 Å². The molecule has 0 saturated heterocycles. The molecule has 2 rings (SSSR count). The molecule has 1 N–H and O–H groups in total. The molecule has 2 nitrogen and oxygen atoms in total. The van der Waals surface area contributed by atoms with E-state index in [0.29, 0.717) is 12.0 Å². The highest BCUT2D eigenvalue weighted by Gasteiger charge is 2.05. The van der Waals surface area contributed by atoms with Crippen molar-refractivity contribution in [1.82, 2.24) is 0 Å². The smallest absolute Gasteiger partial charge is 0.162 e. The second kappa shape index (κ2) is 10.7. The molecule has 0 fully saturated rings. The summed E-state index contributed by atoms with van der Waals surface area (Å²) in [6.45, 7) is 3.95. The van der Waals surface area contributed by atoms with Gasteiger partial charge in [-0.1, -0.05) is 32.4 Å². The fourth-order valence-corrected chi connectivity index (χ4v) is 2.13. The lowest BCUT2D eigenvalue weighted by atomic mass is 10.1. The number of halogens is 2. The lowest BCUT2D eigenvalue weighted by Crippen LogP contribution is -1.97. The highest BCUT2D eigenvalue weighted by molar-refractivity contribution is 5.95. The first-order chi connectivity index (χ1) is 11.5. The molecule has 0 aromatic heterocycles. The molecular formula is C20H24F2O2. The zero-order valence-electron chi connectivity index (χ0n) is 14.1. The van der Waals surface area contributed by atoms with E-state index in [0.717, 1.165) is 24.8 Å². The van der Waals surface area contributed by atoms with E-state index in [4.69, 9.17) is 0 Å². The topological polar surface area (TPSA) is 37.3 Å². The van der Waals surface area contributed by atoms with Crippen LogP contribution in [0.5, 0.6) is 0 Å². The molecule has 0 saturated carbocycles. The number of carbonyl (C=O) groups excluding carboxylic acids is 1. The molecule has 2 aromatic rings. The summed E-state index contributed by atoms with van der Waals surface area (Å²) in [4.78, 5) is 11.2. The Labute approximate surface area is 142 Å². The maximum absolute atomic E-state index is 12.5. The van der Waals surface area contributed by atoms with E-state index in [1.54, 1.807) is 12.1 Å². The lowest BCUT2D eigenvalue weighted by Gasteiger charge is -2.08. The summed E-state index contributed by atoms with van der Waals surface area (Å²) in [7, 11) is 0. The maximum Gasteiger partial charge on any atom is 0.162 e. The molecule has 0 unspecified atom stereocenters. The van der Waals surface area contributed by atoms with Gasteiger partial charge in [-0.2, -0.15) is 0 Å². The Bertz CT molecular complexity index is 607. The molecule has 0 heterocycles. The minimum Gasteiger partial charge on any atom is -0.388 e. The van der Waals surface area contributed by atoms with Crippen LogP contribution in [0.25, 0.3) is 0 Å². The van der Waals surface area contributed by atoms with Gasteiger partial charge in [0.05, 0.1) is 6.10 Å². The first kappa shape index (κ1) is 20.0. The molecule has 0 aliphatic carbocycles. The third-order valence-electron chi connectivity index (χ3n) is 3.46. The number of rotatable bonds is 6. The van der Waals surface area contributed by atoms with Crippen LogP contribution in [-0.2, 0) is 0 Å². The molecule has 0 aliphatic rings. The highest BCUT2D eigenvalue weighted by Crippen LogP contribution is 2.17. The summed E-state index contributed by atoms with van der Waals surface area (Å²) in [5.41, 5.74) is 1.39. The molecule has 2 aromatic carbocycles. The van der Waals surface area contributed by atoms with Crippen molar-refractivity contribution in [2.45, 2.75) is 45.6 Å². The maximum atomic E-state index is 12.5. The third kappa shape index (κ3) is 7.01. The molecule has 0 radical (unpaired) electrons. The molecular weight excluding hydrogens is 310 g/mol. The summed E-state index contributed by atoms with van der Waals surface area (Å²) in [6, 6.07) is 11.6. The largest absolute Gasteiger partial charge is 0.388 e. The summed E-state index contributed by atoms with van der Waals surface area (Å²) in [5.74, 6) is -0.483. The molecule has 4 heteroatoms.